The first-order valence-electron chi connectivity index (χ1n) is 12.1. The predicted octanol–water partition coefficient (Wildman–Crippen LogP) is 6.79. The van der Waals surface area contributed by atoms with Crippen LogP contribution in [0.1, 0.15) is 75.3 Å². The maximum Gasteiger partial charge on any atom is 0.348 e. The fraction of sp³-hybridized carbons (Fsp3) is 0.519. The summed E-state index contributed by atoms with van der Waals surface area (Å²) in [5, 5.41) is 10.3. The van der Waals surface area contributed by atoms with Crippen LogP contribution < -0.4 is 14.2 Å². The second kappa shape index (κ2) is 10.7. The van der Waals surface area contributed by atoms with Gasteiger partial charge in [-0.15, -0.1) is 0 Å². The number of carbonyl (C=O) groups is 1. The van der Waals surface area contributed by atoms with Gasteiger partial charge in [0.05, 0.1) is 18.2 Å². The molecule has 33 heavy (non-hydrogen) atoms. The SMILES string of the molecule is CCC1(C(=O)O)CCc2ccc(OCCCOc3ccc(C4CCCCC4)cc3Cl)cc2O1. The second-order valence-electron chi connectivity index (χ2n) is 9.10. The average Bonchev–Trinajstić information content (AvgIpc) is 2.84. The number of benzene rings is 2. The lowest BCUT2D eigenvalue weighted by atomic mass is 9.84. The molecule has 1 fully saturated rings. The van der Waals surface area contributed by atoms with Gasteiger partial charge < -0.3 is 19.3 Å². The summed E-state index contributed by atoms with van der Waals surface area (Å²) in [4.78, 5) is 11.7. The van der Waals surface area contributed by atoms with Gasteiger partial charge in [-0.3, -0.25) is 0 Å². The van der Waals surface area contributed by atoms with Crippen molar-refractivity contribution in [2.24, 2.45) is 0 Å². The number of halogens is 1. The Hall–Kier alpha value is -2.40. The van der Waals surface area contributed by atoms with Crippen LogP contribution in [-0.2, 0) is 11.2 Å². The number of fused-ring (bicyclic) bond motifs is 1. The number of ether oxygens (including phenoxy) is 3. The van der Waals surface area contributed by atoms with Crippen LogP contribution in [0.5, 0.6) is 17.2 Å². The Morgan fingerprint density at radius 1 is 1.12 bits per heavy atom. The highest BCUT2D eigenvalue weighted by Gasteiger charge is 2.42. The van der Waals surface area contributed by atoms with Crippen LogP contribution in [0.15, 0.2) is 36.4 Å². The number of carboxylic acids is 1. The first-order valence-corrected chi connectivity index (χ1v) is 12.5. The third kappa shape index (κ3) is 5.57. The van der Waals surface area contributed by atoms with Gasteiger partial charge in [-0.05, 0) is 60.9 Å². The first-order chi connectivity index (χ1) is 16.0. The van der Waals surface area contributed by atoms with Gasteiger partial charge in [-0.1, -0.05) is 49.9 Å². The van der Waals surface area contributed by atoms with Gasteiger partial charge in [0.25, 0.3) is 0 Å². The summed E-state index contributed by atoms with van der Waals surface area (Å²) < 4.78 is 17.6. The lowest BCUT2D eigenvalue weighted by molar-refractivity contribution is -0.157. The molecule has 0 radical (unpaired) electrons. The summed E-state index contributed by atoms with van der Waals surface area (Å²) in [6, 6.07) is 11.8. The molecule has 1 saturated carbocycles. The fourth-order valence-corrected chi connectivity index (χ4v) is 5.07. The highest BCUT2D eigenvalue weighted by Crippen LogP contribution is 2.38. The van der Waals surface area contributed by atoms with E-state index in [1.807, 2.05) is 25.1 Å². The van der Waals surface area contributed by atoms with Crippen LogP contribution in [0.25, 0.3) is 0 Å². The van der Waals surface area contributed by atoms with E-state index in [4.69, 9.17) is 25.8 Å². The number of carboxylic acid groups (broad SMARTS) is 1. The van der Waals surface area contributed by atoms with Crippen molar-refractivity contribution in [2.75, 3.05) is 13.2 Å². The molecule has 2 aromatic rings. The first kappa shape index (κ1) is 23.7. The molecule has 2 aliphatic rings. The topological polar surface area (TPSA) is 65.0 Å². The van der Waals surface area contributed by atoms with Crippen molar-refractivity contribution in [2.45, 2.75) is 76.2 Å². The van der Waals surface area contributed by atoms with E-state index in [0.717, 1.165) is 5.56 Å². The van der Waals surface area contributed by atoms with E-state index < -0.39 is 11.6 Å². The van der Waals surface area contributed by atoms with Gasteiger partial charge in [0.1, 0.15) is 17.2 Å². The molecule has 0 saturated heterocycles. The zero-order chi connectivity index (χ0) is 23.3. The van der Waals surface area contributed by atoms with Gasteiger partial charge in [-0.25, -0.2) is 4.79 Å². The standard InChI is InChI=1S/C27H33ClO5/c1-2-27(26(29)30)14-13-20-9-11-22(18-25(20)33-27)31-15-6-16-32-24-12-10-21(17-23(24)28)19-7-4-3-5-8-19/h9-12,17-19H,2-8,13-16H2,1H3,(H,29,30). The maximum atomic E-state index is 11.7. The predicted molar refractivity (Wildman–Crippen MR) is 129 cm³/mol. The zero-order valence-electron chi connectivity index (χ0n) is 19.3. The molecule has 0 bridgehead atoms. The van der Waals surface area contributed by atoms with E-state index >= 15 is 0 Å². The third-order valence-electron chi connectivity index (χ3n) is 6.95. The molecule has 1 aliphatic heterocycles. The molecule has 1 unspecified atom stereocenters. The lowest BCUT2D eigenvalue weighted by Gasteiger charge is -2.34. The quantitative estimate of drug-likeness (QED) is 0.407. The van der Waals surface area contributed by atoms with E-state index in [-0.39, 0.29) is 0 Å². The molecular weight excluding hydrogens is 440 g/mol. The van der Waals surface area contributed by atoms with Crippen LogP contribution in [0, 0.1) is 0 Å². The van der Waals surface area contributed by atoms with E-state index in [1.165, 1.54) is 37.7 Å². The number of aryl methyl sites for hydroxylation is 1. The summed E-state index contributed by atoms with van der Waals surface area (Å²) in [5.74, 6) is 1.69. The van der Waals surface area contributed by atoms with Crippen LogP contribution in [0.4, 0.5) is 0 Å². The smallest absolute Gasteiger partial charge is 0.348 e. The normalized spacial score (nSPS) is 20.5. The largest absolute Gasteiger partial charge is 0.493 e. The lowest BCUT2D eigenvalue weighted by Crippen LogP contribution is -2.46. The molecule has 0 amide bonds. The summed E-state index contributed by atoms with van der Waals surface area (Å²) in [6.07, 6.45) is 8.73. The van der Waals surface area contributed by atoms with Crippen molar-refractivity contribution in [1.82, 2.24) is 0 Å². The Bertz CT molecular complexity index is 969. The van der Waals surface area contributed by atoms with E-state index in [0.29, 0.717) is 67.1 Å². The minimum Gasteiger partial charge on any atom is -0.493 e. The number of aliphatic carboxylic acids is 1. The Balaban J connectivity index is 1.25. The monoisotopic (exact) mass is 472 g/mol. The molecule has 5 nitrogen and oxygen atoms in total. The molecule has 1 heterocycles. The molecule has 0 aromatic heterocycles. The van der Waals surface area contributed by atoms with Gasteiger partial charge >= 0.3 is 5.97 Å². The molecule has 178 valence electrons. The molecule has 0 spiro atoms. The number of rotatable bonds is 9. The molecule has 2 aromatic carbocycles. The highest BCUT2D eigenvalue weighted by molar-refractivity contribution is 6.32. The van der Waals surface area contributed by atoms with Crippen molar-refractivity contribution >= 4 is 17.6 Å². The number of hydrogen-bond donors (Lipinski definition) is 1. The Kier molecular flexibility index (Phi) is 7.69. The minimum atomic E-state index is -1.15. The fourth-order valence-electron chi connectivity index (χ4n) is 4.83. The van der Waals surface area contributed by atoms with Crippen molar-refractivity contribution in [3.8, 4) is 17.2 Å². The van der Waals surface area contributed by atoms with Crippen LogP contribution >= 0.6 is 11.6 Å². The molecular formula is C27H33ClO5. The minimum absolute atomic E-state index is 0.425. The molecule has 1 atom stereocenters. The third-order valence-corrected chi connectivity index (χ3v) is 7.25. The molecule has 1 aliphatic carbocycles. The van der Waals surface area contributed by atoms with Gasteiger partial charge in [0.2, 0.25) is 5.60 Å². The van der Waals surface area contributed by atoms with Gasteiger partial charge in [0.15, 0.2) is 0 Å². The van der Waals surface area contributed by atoms with Crippen molar-refractivity contribution < 1.29 is 24.1 Å². The van der Waals surface area contributed by atoms with Crippen molar-refractivity contribution in [3.05, 3.63) is 52.5 Å². The Morgan fingerprint density at radius 3 is 2.64 bits per heavy atom. The van der Waals surface area contributed by atoms with Crippen LogP contribution in [0.3, 0.4) is 0 Å². The summed E-state index contributed by atoms with van der Waals surface area (Å²) in [5.41, 5.74) is 1.19. The van der Waals surface area contributed by atoms with Gasteiger partial charge in [0, 0.05) is 18.9 Å². The van der Waals surface area contributed by atoms with E-state index in [9.17, 15) is 9.90 Å². The Labute approximate surface area is 201 Å². The molecule has 4 rings (SSSR count). The summed E-state index contributed by atoms with van der Waals surface area (Å²) in [6.45, 7) is 2.82. The zero-order valence-corrected chi connectivity index (χ0v) is 20.0. The maximum absolute atomic E-state index is 11.7. The number of hydrogen-bond acceptors (Lipinski definition) is 4. The van der Waals surface area contributed by atoms with Crippen LogP contribution in [-0.4, -0.2) is 29.9 Å². The molecule has 6 heteroatoms. The van der Waals surface area contributed by atoms with E-state index in [1.54, 1.807) is 6.07 Å². The van der Waals surface area contributed by atoms with Gasteiger partial charge in [-0.2, -0.15) is 0 Å². The molecule has 1 N–H and O–H groups in total. The Morgan fingerprint density at radius 2 is 1.91 bits per heavy atom. The van der Waals surface area contributed by atoms with Crippen LogP contribution in [0.2, 0.25) is 5.02 Å². The highest BCUT2D eigenvalue weighted by atomic mass is 35.5. The van der Waals surface area contributed by atoms with Crippen molar-refractivity contribution in [1.29, 1.82) is 0 Å². The average molecular weight is 473 g/mol. The second-order valence-corrected chi connectivity index (χ2v) is 9.51. The van der Waals surface area contributed by atoms with Crippen molar-refractivity contribution in [3.63, 3.8) is 0 Å². The summed E-state index contributed by atoms with van der Waals surface area (Å²) >= 11 is 6.47. The summed E-state index contributed by atoms with van der Waals surface area (Å²) in [7, 11) is 0. The van der Waals surface area contributed by atoms with E-state index in [2.05, 4.69) is 12.1 Å².